The Hall–Kier alpha value is -0.610. The van der Waals surface area contributed by atoms with Gasteiger partial charge < -0.3 is 14.7 Å². The van der Waals surface area contributed by atoms with Gasteiger partial charge in [0.2, 0.25) is 5.91 Å². The second-order valence-electron chi connectivity index (χ2n) is 3.90. The summed E-state index contributed by atoms with van der Waals surface area (Å²) in [6, 6.07) is 0. The fourth-order valence-electron chi connectivity index (χ4n) is 1.64. The van der Waals surface area contributed by atoms with E-state index < -0.39 is 0 Å². The smallest absolute Gasteiger partial charge is 0.248 e. The van der Waals surface area contributed by atoms with Gasteiger partial charge in [0, 0.05) is 20.2 Å². The number of carbonyl (C=O) groups is 1. The van der Waals surface area contributed by atoms with Crippen LogP contribution in [0.4, 0.5) is 0 Å². The van der Waals surface area contributed by atoms with E-state index in [9.17, 15) is 4.79 Å². The van der Waals surface area contributed by atoms with Crippen LogP contribution in [0.3, 0.4) is 0 Å². The van der Waals surface area contributed by atoms with E-state index in [1.807, 2.05) is 6.92 Å². The van der Waals surface area contributed by atoms with Gasteiger partial charge in [-0.25, -0.2) is 0 Å². The third-order valence-corrected chi connectivity index (χ3v) is 2.60. The Kier molecular flexibility index (Phi) is 4.35. The minimum Gasteiger partial charge on any atom is -0.393 e. The maximum Gasteiger partial charge on any atom is 0.248 e. The molecule has 0 radical (unpaired) electrons. The Morgan fingerprint density at radius 3 is 2.71 bits per heavy atom. The molecule has 1 rings (SSSR count). The lowest BCUT2D eigenvalue weighted by atomic mass is 9.82. The highest BCUT2D eigenvalue weighted by molar-refractivity contribution is 5.77. The van der Waals surface area contributed by atoms with Gasteiger partial charge in [0.05, 0.1) is 6.10 Å². The monoisotopic (exact) mass is 201 g/mol. The lowest BCUT2D eigenvalue weighted by molar-refractivity contribution is -0.136. The molecule has 0 bridgehead atoms. The summed E-state index contributed by atoms with van der Waals surface area (Å²) in [6.07, 6.45) is 1.51. The number of rotatable bonds is 5. The molecular weight excluding hydrogens is 182 g/mol. The molecule has 0 unspecified atom stereocenters. The maximum atomic E-state index is 11.4. The molecule has 0 spiro atoms. The van der Waals surface area contributed by atoms with E-state index in [-0.39, 0.29) is 18.6 Å². The number of likely N-dealkylation sites (N-methyl/N-ethyl adjacent to an activating group) is 1. The highest BCUT2D eigenvalue weighted by Gasteiger charge is 2.28. The summed E-state index contributed by atoms with van der Waals surface area (Å²) < 4.78 is 5.03. The number of carbonyl (C=O) groups excluding carboxylic acids is 1. The summed E-state index contributed by atoms with van der Waals surface area (Å²) in [4.78, 5) is 13.1. The third-order valence-electron chi connectivity index (χ3n) is 2.60. The summed E-state index contributed by atoms with van der Waals surface area (Å²) in [5, 5.41) is 9.08. The average molecular weight is 201 g/mol. The summed E-state index contributed by atoms with van der Waals surface area (Å²) in [5.41, 5.74) is 0. The maximum absolute atomic E-state index is 11.4. The minimum atomic E-state index is -0.143. The summed E-state index contributed by atoms with van der Waals surface area (Å²) in [5.74, 6) is 0.494. The van der Waals surface area contributed by atoms with E-state index in [4.69, 9.17) is 9.84 Å². The number of aliphatic hydroxyl groups excluding tert-OH is 1. The number of hydrogen-bond acceptors (Lipinski definition) is 3. The molecule has 1 aliphatic rings. The van der Waals surface area contributed by atoms with Gasteiger partial charge in [-0.15, -0.1) is 0 Å². The van der Waals surface area contributed by atoms with Gasteiger partial charge in [0.1, 0.15) is 6.61 Å². The first kappa shape index (κ1) is 11.5. The van der Waals surface area contributed by atoms with Crippen LogP contribution in [0.5, 0.6) is 0 Å². The number of ether oxygens (including phenoxy) is 1. The highest BCUT2D eigenvalue weighted by atomic mass is 16.5. The molecule has 1 saturated carbocycles. The molecule has 1 N–H and O–H groups in total. The summed E-state index contributed by atoms with van der Waals surface area (Å²) in [7, 11) is 1.78. The van der Waals surface area contributed by atoms with Crippen molar-refractivity contribution < 1.29 is 14.6 Å². The van der Waals surface area contributed by atoms with Crippen molar-refractivity contribution in [3.63, 3.8) is 0 Å². The number of nitrogens with zero attached hydrogens (tertiary/aromatic N) is 1. The van der Waals surface area contributed by atoms with Gasteiger partial charge in [0.25, 0.3) is 0 Å². The second kappa shape index (κ2) is 5.32. The van der Waals surface area contributed by atoms with Crippen LogP contribution in [0.1, 0.15) is 19.8 Å². The lowest BCUT2D eigenvalue weighted by Gasteiger charge is -2.34. The molecule has 0 aromatic heterocycles. The van der Waals surface area contributed by atoms with Crippen LogP contribution >= 0.6 is 0 Å². The molecule has 0 saturated heterocycles. The van der Waals surface area contributed by atoms with Crippen molar-refractivity contribution >= 4 is 5.91 Å². The lowest BCUT2D eigenvalue weighted by Crippen LogP contribution is -2.40. The zero-order valence-corrected chi connectivity index (χ0v) is 8.90. The van der Waals surface area contributed by atoms with Crippen molar-refractivity contribution in [2.75, 3.05) is 26.8 Å². The second-order valence-corrected chi connectivity index (χ2v) is 3.90. The van der Waals surface area contributed by atoms with E-state index in [0.29, 0.717) is 12.5 Å². The molecule has 1 fully saturated rings. The van der Waals surface area contributed by atoms with Crippen LogP contribution in [-0.4, -0.2) is 48.8 Å². The largest absolute Gasteiger partial charge is 0.393 e. The molecular formula is C10H19NO3. The molecule has 0 aromatic rings. The van der Waals surface area contributed by atoms with E-state index in [1.165, 1.54) is 0 Å². The van der Waals surface area contributed by atoms with Gasteiger partial charge >= 0.3 is 0 Å². The van der Waals surface area contributed by atoms with Crippen molar-refractivity contribution in [3.8, 4) is 0 Å². The van der Waals surface area contributed by atoms with Crippen LogP contribution in [0, 0.1) is 5.92 Å². The van der Waals surface area contributed by atoms with Crippen LogP contribution in [-0.2, 0) is 9.53 Å². The van der Waals surface area contributed by atoms with Crippen LogP contribution < -0.4 is 0 Å². The van der Waals surface area contributed by atoms with Crippen molar-refractivity contribution in [3.05, 3.63) is 0 Å². The topological polar surface area (TPSA) is 49.8 Å². The molecule has 4 nitrogen and oxygen atoms in total. The highest BCUT2D eigenvalue weighted by Crippen LogP contribution is 2.27. The Balaban J connectivity index is 2.14. The number of aliphatic hydroxyl groups is 1. The first-order valence-corrected chi connectivity index (χ1v) is 5.13. The van der Waals surface area contributed by atoms with Gasteiger partial charge in [-0.2, -0.15) is 0 Å². The molecule has 0 aromatic carbocycles. The number of hydrogen-bond donors (Lipinski definition) is 1. The van der Waals surface area contributed by atoms with Crippen LogP contribution in [0.2, 0.25) is 0 Å². The molecule has 0 atom stereocenters. The van der Waals surface area contributed by atoms with Crippen molar-refractivity contribution in [2.45, 2.75) is 25.9 Å². The number of amides is 1. The first-order chi connectivity index (χ1) is 6.63. The average Bonchev–Trinajstić information content (AvgIpc) is 2.11. The zero-order chi connectivity index (χ0) is 10.6. The molecule has 82 valence electrons. The quantitative estimate of drug-likeness (QED) is 0.693. The van der Waals surface area contributed by atoms with Gasteiger partial charge in [0.15, 0.2) is 0 Å². The Bertz CT molecular complexity index is 190. The van der Waals surface area contributed by atoms with E-state index in [2.05, 4.69) is 0 Å². The summed E-state index contributed by atoms with van der Waals surface area (Å²) >= 11 is 0. The standard InChI is InChI=1S/C10H19NO3/c1-3-14-7-10(13)11(2)6-8-4-9(12)5-8/h8-9,12H,3-7H2,1-2H3. The molecule has 14 heavy (non-hydrogen) atoms. The van der Waals surface area contributed by atoms with Crippen LogP contribution in [0.15, 0.2) is 0 Å². The van der Waals surface area contributed by atoms with Crippen molar-refractivity contribution in [1.29, 1.82) is 0 Å². The molecule has 1 aliphatic carbocycles. The molecule has 0 heterocycles. The zero-order valence-electron chi connectivity index (χ0n) is 8.90. The minimum absolute atomic E-state index is 0.0215. The van der Waals surface area contributed by atoms with Gasteiger partial charge in [-0.05, 0) is 25.7 Å². The molecule has 0 aliphatic heterocycles. The molecule has 4 heteroatoms. The Labute approximate surface area is 84.8 Å². The predicted octanol–water partition coefficient (Wildman–Crippen LogP) is 0.252. The van der Waals surface area contributed by atoms with Gasteiger partial charge in [-0.3, -0.25) is 4.79 Å². The van der Waals surface area contributed by atoms with Crippen molar-refractivity contribution in [2.24, 2.45) is 5.92 Å². The van der Waals surface area contributed by atoms with E-state index in [0.717, 1.165) is 19.4 Å². The van der Waals surface area contributed by atoms with Crippen molar-refractivity contribution in [1.82, 2.24) is 4.90 Å². The fraction of sp³-hybridized carbons (Fsp3) is 0.900. The van der Waals surface area contributed by atoms with E-state index >= 15 is 0 Å². The fourth-order valence-corrected chi connectivity index (χ4v) is 1.64. The Morgan fingerprint density at radius 2 is 2.21 bits per heavy atom. The first-order valence-electron chi connectivity index (χ1n) is 5.13. The SMILES string of the molecule is CCOCC(=O)N(C)CC1CC(O)C1. The summed E-state index contributed by atoms with van der Waals surface area (Å²) in [6.45, 7) is 3.35. The van der Waals surface area contributed by atoms with E-state index in [1.54, 1.807) is 11.9 Å². The predicted molar refractivity (Wildman–Crippen MR) is 52.9 cm³/mol. The van der Waals surface area contributed by atoms with Gasteiger partial charge in [-0.1, -0.05) is 0 Å². The van der Waals surface area contributed by atoms with Crippen LogP contribution in [0.25, 0.3) is 0 Å². The normalized spacial score (nSPS) is 25.6. The Morgan fingerprint density at radius 1 is 1.57 bits per heavy atom. The third kappa shape index (κ3) is 3.27. The molecule has 1 amide bonds.